The van der Waals surface area contributed by atoms with Crippen molar-refractivity contribution >= 4 is 23.7 Å². The highest BCUT2D eigenvalue weighted by Crippen LogP contribution is 2.27. The minimum absolute atomic E-state index is 0.00662. The molecule has 30 heavy (non-hydrogen) atoms. The van der Waals surface area contributed by atoms with E-state index in [9.17, 15) is 19.8 Å². The van der Waals surface area contributed by atoms with Gasteiger partial charge in [-0.05, 0) is 58.0 Å². The lowest BCUT2D eigenvalue weighted by Gasteiger charge is -2.03. The molecule has 0 bridgehead atoms. The number of phenols is 2. The van der Waals surface area contributed by atoms with E-state index in [4.69, 9.17) is 20.5 Å². The van der Waals surface area contributed by atoms with E-state index in [-0.39, 0.29) is 29.5 Å². The van der Waals surface area contributed by atoms with Crippen LogP contribution < -0.4 is 9.47 Å². The standard InChI is InChI=1S/C21H20O6.HN3/c1-26-20-11-14(5-9-18(20)24)3-7-16(22)13-17(23)8-4-15-6-10-19(25)21(12-15)27-2;1-3-2/h3-12,24-25H,13H2,1-2H3;1H. The molecule has 0 atom stereocenters. The van der Waals surface area contributed by atoms with E-state index in [0.29, 0.717) is 22.6 Å². The third-order valence-corrected chi connectivity index (χ3v) is 3.68. The third kappa shape index (κ3) is 7.79. The molecular formula is C21H21N3O6. The van der Waals surface area contributed by atoms with Gasteiger partial charge >= 0.3 is 0 Å². The molecule has 0 aliphatic rings. The van der Waals surface area contributed by atoms with Crippen LogP contribution in [0.15, 0.2) is 48.6 Å². The van der Waals surface area contributed by atoms with Gasteiger partial charge in [0.2, 0.25) is 0 Å². The molecule has 0 amide bonds. The number of benzene rings is 2. The van der Waals surface area contributed by atoms with E-state index < -0.39 is 0 Å². The summed E-state index contributed by atoms with van der Waals surface area (Å²) in [6.45, 7) is 0. The quantitative estimate of drug-likeness (QED) is 0.194. The monoisotopic (exact) mass is 411 g/mol. The molecule has 0 unspecified atom stereocenters. The van der Waals surface area contributed by atoms with Crippen LogP contribution in [-0.4, -0.2) is 36.0 Å². The number of carbonyl (C=O) groups is 2. The number of ketones is 2. The van der Waals surface area contributed by atoms with Crippen LogP contribution in [0.3, 0.4) is 0 Å². The van der Waals surface area contributed by atoms with E-state index in [1.54, 1.807) is 41.3 Å². The molecule has 0 aliphatic carbocycles. The largest absolute Gasteiger partial charge is 0.504 e. The van der Waals surface area contributed by atoms with Crippen molar-refractivity contribution in [2.75, 3.05) is 14.2 Å². The fourth-order valence-corrected chi connectivity index (χ4v) is 2.26. The summed E-state index contributed by atoms with van der Waals surface area (Å²) >= 11 is 0. The molecule has 9 nitrogen and oxygen atoms in total. The van der Waals surface area contributed by atoms with Crippen LogP contribution in [0, 0.1) is 5.53 Å². The third-order valence-electron chi connectivity index (χ3n) is 3.68. The number of hydrogen-bond acceptors (Lipinski definition) is 7. The highest BCUT2D eigenvalue weighted by molar-refractivity contribution is 6.10. The van der Waals surface area contributed by atoms with Crippen LogP contribution >= 0.6 is 0 Å². The summed E-state index contributed by atoms with van der Waals surface area (Å²) in [6.07, 6.45) is 5.44. The molecule has 0 radical (unpaired) electrons. The summed E-state index contributed by atoms with van der Waals surface area (Å²) in [5, 5.41) is 19.1. The molecule has 3 N–H and O–H groups in total. The van der Waals surface area contributed by atoms with Gasteiger partial charge in [-0.1, -0.05) is 24.3 Å². The molecule has 0 heterocycles. The second kappa shape index (κ2) is 12.3. The lowest BCUT2D eigenvalue weighted by molar-refractivity contribution is -0.121. The number of rotatable bonds is 8. The Hall–Kier alpha value is -4.23. The first-order valence-electron chi connectivity index (χ1n) is 8.51. The maximum absolute atomic E-state index is 11.9. The Morgan fingerprint density at radius 2 is 1.30 bits per heavy atom. The molecule has 0 saturated heterocycles. The van der Waals surface area contributed by atoms with Gasteiger partial charge in [0.25, 0.3) is 0 Å². The van der Waals surface area contributed by atoms with E-state index in [0.717, 1.165) is 0 Å². The number of aromatic hydroxyl groups is 2. The smallest absolute Gasteiger partial charge is 0.163 e. The Kier molecular flexibility index (Phi) is 9.74. The SMILES string of the molecule is COc1cc(C=CC(=O)CC(=O)C=Cc2ccc(O)c(OC)c2)ccc1O.[N-]=[N+]=N. The maximum Gasteiger partial charge on any atom is 0.163 e. The average molecular weight is 411 g/mol. The van der Waals surface area contributed by atoms with E-state index in [1.165, 1.54) is 38.5 Å². The van der Waals surface area contributed by atoms with Crippen molar-refractivity contribution in [3.8, 4) is 23.0 Å². The Labute approximate surface area is 172 Å². The Morgan fingerprint density at radius 3 is 1.63 bits per heavy atom. The fourth-order valence-electron chi connectivity index (χ4n) is 2.26. The molecule has 0 aliphatic heterocycles. The van der Waals surface area contributed by atoms with Crippen LogP contribution in [0.1, 0.15) is 17.5 Å². The van der Waals surface area contributed by atoms with Gasteiger partial charge < -0.3 is 19.7 Å². The van der Waals surface area contributed by atoms with E-state index in [1.807, 2.05) is 0 Å². The zero-order valence-corrected chi connectivity index (χ0v) is 16.4. The Bertz CT molecular complexity index is 919. The number of nitrogens with one attached hydrogen (secondary N) is 1. The number of hydrogen-bond donors (Lipinski definition) is 3. The van der Waals surface area contributed by atoms with Gasteiger partial charge in [0.15, 0.2) is 34.6 Å². The molecule has 0 saturated carbocycles. The van der Waals surface area contributed by atoms with Crippen molar-refractivity contribution in [2.24, 2.45) is 0 Å². The van der Waals surface area contributed by atoms with Crippen molar-refractivity contribution in [2.45, 2.75) is 6.42 Å². The molecule has 9 heteroatoms. The molecule has 0 spiro atoms. The summed E-state index contributed by atoms with van der Waals surface area (Å²) in [5.74, 6) is -0.0832. The van der Waals surface area contributed by atoms with Crippen molar-refractivity contribution in [3.05, 3.63) is 70.1 Å². The first-order chi connectivity index (χ1) is 14.3. The zero-order valence-electron chi connectivity index (χ0n) is 16.4. The van der Waals surface area contributed by atoms with Crippen molar-refractivity contribution in [1.29, 1.82) is 5.53 Å². The fraction of sp³-hybridized carbons (Fsp3) is 0.143. The predicted octanol–water partition coefficient (Wildman–Crippen LogP) is 4.25. The van der Waals surface area contributed by atoms with Crippen LogP contribution in [-0.2, 0) is 9.59 Å². The van der Waals surface area contributed by atoms with E-state index >= 15 is 0 Å². The predicted molar refractivity (Wildman–Crippen MR) is 111 cm³/mol. The second-order valence-electron chi connectivity index (χ2n) is 5.74. The number of allylic oxidation sites excluding steroid dienone is 2. The van der Waals surface area contributed by atoms with Gasteiger partial charge in [0, 0.05) is 0 Å². The summed E-state index contributed by atoms with van der Waals surface area (Å²) in [5.41, 5.74) is 13.6. The van der Waals surface area contributed by atoms with Crippen molar-refractivity contribution in [3.63, 3.8) is 0 Å². The normalized spacial score (nSPS) is 10.2. The summed E-state index contributed by atoms with van der Waals surface area (Å²) in [7, 11) is 2.87. The summed E-state index contributed by atoms with van der Waals surface area (Å²) in [4.78, 5) is 25.6. The van der Waals surface area contributed by atoms with Crippen LogP contribution in [0.4, 0.5) is 0 Å². The van der Waals surface area contributed by atoms with Crippen molar-refractivity contribution < 1.29 is 29.3 Å². The first-order valence-corrected chi connectivity index (χ1v) is 8.51. The summed E-state index contributed by atoms with van der Waals surface area (Å²) in [6, 6.07) is 9.34. The molecular weight excluding hydrogens is 390 g/mol. The number of carbonyl (C=O) groups excluding carboxylic acids is 2. The zero-order chi connectivity index (χ0) is 22.5. The highest BCUT2D eigenvalue weighted by atomic mass is 16.5. The van der Waals surface area contributed by atoms with E-state index in [2.05, 4.69) is 0 Å². The second-order valence-corrected chi connectivity index (χ2v) is 5.74. The van der Waals surface area contributed by atoms with Gasteiger partial charge in [-0.3, -0.25) is 9.59 Å². The first kappa shape index (κ1) is 23.8. The molecule has 2 rings (SSSR count). The molecule has 0 aromatic heterocycles. The molecule has 2 aromatic carbocycles. The summed E-state index contributed by atoms with van der Waals surface area (Å²) < 4.78 is 10.00. The topological polar surface area (TPSA) is 153 Å². The maximum atomic E-state index is 11.9. The van der Waals surface area contributed by atoms with Crippen molar-refractivity contribution in [1.82, 2.24) is 0 Å². The van der Waals surface area contributed by atoms with Crippen LogP contribution in [0.5, 0.6) is 23.0 Å². The van der Waals surface area contributed by atoms with Crippen LogP contribution in [0.2, 0.25) is 0 Å². The Balaban J connectivity index is 0.00000141. The number of nitrogens with zero attached hydrogens (tertiary/aromatic N) is 2. The molecule has 0 fully saturated rings. The van der Waals surface area contributed by atoms with Gasteiger partial charge in [-0.2, -0.15) is 0 Å². The number of methoxy groups -OCH3 is 2. The number of phenolic OH excluding ortho intramolecular Hbond substituents is 2. The lowest BCUT2D eigenvalue weighted by atomic mass is 10.1. The van der Waals surface area contributed by atoms with Gasteiger partial charge in [0.05, 0.1) is 20.6 Å². The lowest BCUT2D eigenvalue weighted by Crippen LogP contribution is -2.01. The van der Waals surface area contributed by atoms with Crippen LogP contribution in [0.25, 0.3) is 22.6 Å². The molecule has 156 valence electrons. The minimum atomic E-state index is -0.347. The van der Waals surface area contributed by atoms with Gasteiger partial charge in [0.1, 0.15) is 0 Å². The minimum Gasteiger partial charge on any atom is -0.504 e. The Morgan fingerprint density at radius 1 is 0.933 bits per heavy atom. The highest BCUT2D eigenvalue weighted by Gasteiger charge is 2.06. The average Bonchev–Trinajstić information content (AvgIpc) is 2.73. The van der Waals surface area contributed by atoms with Gasteiger partial charge in [-0.25, -0.2) is 0 Å². The molecule has 2 aromatic rings. The van der Waals surface area contributed by atoms with Gasteiger partial charge in [-0.15, -0.1) is 5.53 Å². The number of ether oxygens (including phenoxy) is 2.